The predicted molar refractivity (Wildman–Crippen MR) is 96.0 cm³/mol. The van der Waals surface area contributed by atoms with E-state index in [0.29, 0.717) is 22.9 Å². The standard InChI is InChI=1S/C18H25NO5S/c1-4-23-18(22)16-12-6-5-7-13(12)25-17(16)19-14(20)10-24-15(21)9-8-11(2)3/h11H,4-10H2,1-3H3,(H,19,20). The fraction of sp³-hybridized carbons (Fsp3) is 0.611. The van der Waals surface area contributed by atoms with E-state index in [-0.39, 0.29) is 19.2 Å². The van der Waals surface area contributed by atoms with Crippen LogP contribution in [0.5, 0.6) is 0 Å². The van der Waals surface area contributed by atoms with E-state index in [1.165, 1.54) is 11.3 Å². The SMILES string of the molecule is CCOC(=O)c1c(NC(=O)COC(=O)CCC(C)C)sc2c1CCC2. The van der Waals surface area contributed by atoms with Gasteiger partial charge < -0.3 is 14.8 Å². The van der Waals surface area contributed by atoms with Crippen LogP contribution in [-0.4, -0.2) is 31.1 Å². The van der Waals surface area contributed by atoms with Gasteiger partial charge in [0.15, 0.2) is 6.61 Å². The molecule has 1 aliphatic carbocycles. The molecule has 7 heteroatoms. The zero-order chi connectivity index (χ0) is 18.4. The smallest absolute Gasteiger partial charge is 0.341 e. The van der Waals surface area contributed by atoms with Gasteiger partial charge >= 0.3 is 11.9 Å². The van der Waals surface area contributed by atoms with Crippen molar-refractivity contribution in [2.75, 3.05) is 18.5 Å². The number of nitrogens with one attached hydrogen (secondary N) is 1. The lowest BCUT2D eigenvalue weighted by molar-refractivity contribution is -0.147. The van der Waals surface area contributed by atoms with Crippen molar-refractivity contribution in [1.29, 1.82) is 0 Å². The number of aryl methyl sites for hydroxylation is 1. The average molecular weight is 367 g/mol. The minimum Gasteiger partial charge on any atom is -0.462 e. The third-order valence-electron chi connectivity index (χ3n) is 3.94. The van der Waals surface area contributed by atoms with Crippen molar-refractivity contribution in [2.24, 2.45) is 5.92 Å². The van der Waals surface area contributed by atoms with Gasteiger partial charge in [0, 0.05) is 11.3 Å². The summed E-state index contributed by atoms with van der Waals surface area (Å²) in [7, 11) is 0. The molecule has 0 saturated heterocycles. The van der Waals surface area contributed by atoms with Crippen LogP contribution in [0.3, 0.4) is 0 Å². The molecule has 0 aromatic carbocycles. The Morgan fingerprint density at radius 3 is 2.64 bits per heavy atom. The number of carbonyl (C=O) groups is 3. The van der Waals surface area contributed by atoms with Crippen molar-refractivity contribution in [1.82, 2.24) is 0 Å². The van der Waals surface area contributed by atoms with E-state index in [1.54, 1.807) is 6.92 Å². The molecule has 0 unspecified atom stereocenters. The highest BCUT2D eigenvalue weighted by molar-refractivity contribution is 7.17. The number of amides is 1. The molecule has 0 radical (unpaired) electrons. The molecule has 138 valence electrons. The van der Waals surface area contributed by atoms with Crippen LogP contribution in [0.4, 0.5) is 5.00 Å². The summed E-state index contributed by atoms with van der Waals surface area (Å²) in [6.45, 7) is 5.73. The number of ether oxygens (including phenoxy) is 2. The molecule has 0 bridgehead atoms. The first kappa shape index (κ1) is 19.4. The lowest BCUT2D eigenvalue weighted by atomic mass is 10.1. The summed E-state index contributed by atoms with van der Waals surface area (Å²) < 4.78 is 10.1. The van der Waals surface area contributed by atoms with E-state index in [0.717, 1.165) is 36.1 Å². The van der Waals surface area contributed by atoms with E-state index in [1.807, 2.05) is 13.8 Å². The summed E-state index contributed by atoms with van der Waals surface area (Å²) in [6, 6.07) is 0. The van der Waals surface area contributed by atoms with Crippen LogP contribution < -0.4 is 5.32 Å². The summed E-state index contributed by atoms with van der Waals surface area (Å²) in [5.74, 6) is -0.834. The maximum atomic E-state index is 12.2. The number of fused-ring (bicyclic) bond motifs is 1. The fourth-order valence-electron chi connectivity index (χ4n) is 2.70. The van der Waals surface area contributed by atoms with Gasteiger partial charge in [0.05, 0.1) is 12.2 Å². The van der Waals surface area contributed by atoms with Crippen LogP contribution in [0.1, 0.15) is 60.8 Å². The highest BCUT2D eigenvalue weighted by atomic mass is 32.1. The molecule has 1 amide bonds. The molecule has 6 nitrogen and oxygen atoms in total. The first-order chi connectivity index (χ1) is 11.9. The monoisotopic (exact) mass is 367 g/mol. The molecule has 1 aromatic heterocycles. The average Bonchev–Trinajstić information content (AvgIpc) is 3.11. The Morgan fingerprint density at radius 1 is 1.20 bits per heavy atom. The van der Waals surface area contributed by atoms with Crippen molar-refractivity contribution in [3.05, 3.63) is 16.0 Å². The summed E-state index contributed by atoms with van der Waals surface area (Å²) in [5, 5.41) is 3.19. The van der Waals surface area contributed by atoms with Crippen LogP contribution in [-0.2, 0) is 31.9 Å². The van der Waals surface area contributed by atoms with E-state index >= 15 is 0 Å². The molecule has 1 aliphatic rings. The predicted octanol–water partition coefficient (Wildman–Crippen LogP) is 3.33. The Bertz CT molecular complexity index is 650. The number of hydrogen-bond acceptors (Lipinski definition) is 6. The Morgan fingerprint density at radius 2 is 1.96 bits per heavy atom. The molecule has 1 heterocycles. The molecule has 0 fully saturated rings. The molecule has 0 aliphatic heterocycles. The molecular formula is C18H25NO5S. The first-order valence-corrected chi connectivity index (χ1v) is 9.51. The molecule has 0 spiro atoms. The third-order valence-corrected chi connectivity index (χ3v) is 5.15. The van der Waals surface area contributed by atoms with E-state index in [9.17, 15) is 14.4 Å². The first-order valence-electron chi connectivity index (χ1n) is 8.69. The van der Waals surface area contributed by atoms with Crippen LogP contribution in [0.15, 0.2) is 0 Å². The number of esters is 2. The Labute approximate surface area is 151 Å². The second kappa shape index (κ2) is 8.99. The minimum atomic E-state index is -0.441. The molecular weight excluding hydrogens is 342 g/mol. The fourth-order valence-corrected chi connectivity index (χ4v) is 3.99. The maximum absolute atomic E-state index is 12.2. The molecule has 0 atom stereocenters. The highest BCUT2D eigenvalue weighted by Crippen LogP contribution is 2.39. The van der Waals surface area contributed by atoms with Crippen molar-refractivity contribution in [3.8, 4) is 0 Å². The van der Waals surface area contributed by atoms with Gasteiger partial charge in [0.25, 0.3) is 5.91 Å². The topological polar surface area (TPSA) is 81.7 Å². The molecule has 0 saturated carbocycles. The van der Waals surface area contributed by atoms with Crippen molar-refractivity contribution < 1.29 is 23.9 Å². The molecule has 1 N–H and O–H groups in total. The second-order valence-corrected chi connectivity index (χ2v) is 7.53. The van der Waals surface area contributed by atoms with Gasteiger partial charge in [0.1, 0.15) is 5.00 Å². The van der Waals surface area contributed by atoms with Gasteiger partial charge in [-0.3, -0.25) is 9.59 Å². The third kappa shape index (κ3) is 5.29. The van der Waals surface area contributed by atoms with Gasteiger partial charge in [-0.1, -0.05) is 13.8 Å². The van der Waals surface area contributed by atoms with Crippen molar-refractivity contribution >= 4 is 34.2 Å². The lowest BCUT2D eigenvalue weighted by Crippen LogP contribution is -2.22. The highest BCUT2D eigenvalue weighted by Gasteiger charge is 2.28. The summed E-state index contributed by atoms with van der Waals surface area (Å²) in [4.78, 5) is 37.0. The van der Waals surface area contributed by atoms with Crippen molar-refractivity contribution in [2.45, 2.75) is 52.9 Å². The number of anilines is 1. The van der Waals surface area contributed by atoms with Gasteiger partial charge in [-0.25, -0.2) is 4.79 Å². The molecule has 25 heavy (non-hydrogen) atoms. The zero-order valence-electron chi connectivity index (χ0n) is 15.0. The molecule has 2 rings (SSSR count). The quantitative estimate of drug-likeness (QED) is 0.713. The minimum absolute atomic E-state index is 0.282. The Balaban J connectivity index is 1.96. The summed E-state index contributed by atoms with van der Waals surface area (Å²) in [5.41, 5.74) is 1.44. The van der Waals surface area contributed by atoms with E-state index < -0.39 is 11.9 Å². The number of rotatable bonds is 8. The largest absolute Gasteiger partial charge is 0.462 e. The normalized spacial score (nSPS) is 12.8. The zero-order valence-corrected chi connectivity index (χ0v) is 15.8. The van der Waals surface area contributed by atoms with Crippen molar-refractivity contribution in [3.63, 3.8) is 0 Å². The lowest BCUT2D eigenvalue weighted by Gasteiger charge is -2.09. The van der Waals surface area contributed by atoms with Crippen LogP contribution in [0.2, 0.25) is 0 Å². The number of thiophene rings is 1. The summed E-state index contributed by atoms with van der Waals surface area (Å²) in [6.07, 6.45) is 3.76. The summed E-state index contributed by atoms with van der Waals surface area (Å²) >= 11 is 1.41. The van der Waals surface area contributed by atoms with Crippen LogP contribution >= 0.6 is 11.3 Å². The van der Waals surface area contributed by atoms with Gasteiger partial charge in [-0.15, -0.1) is 11.3 Å². The van der Waals surface area contributed by atoms with Crippen LogP contribution in [0, 0.1) is 5.92 Å². The number of hydrogen-bond donors (Lipinski definition) is 1. The van der Waals surface area contributed by atoms with Gasteiger partial charge in [-0.2, -0.15) is 0 Å². The second-order valence-electron chi connectivity index (χ2n) is 6.42. The Kier molecular flexibility index (Phi) is 6.99. The van der Waals surface area contributed by atoms with Gasteiger partial charge in [-0.05, 0) is 44.1 Å². The maximum Gasteiger partial charge on any atom is 0.341 e. The van der Waals surface area contributed by atoms with Gasteiger partial charge in [0.2, 0.25) is 0 Å². The van der Waals surface area contributed by atoms with Crippen LogP contribution in [0.25, 0.3) is 0 Å². The van der Waals surface area contributed by atoms with E-state index in [2.05, 4.69) is 5.32 Å². The molecule has 1 aromatic rings. The Hall–Kier alpha value is -1.89. The number of carbonyl (C=O) groups excluding carboxylic acids is 3. The van der Waals surface area contributed by atoms with E-state index in [4.69, 9.17) is 9.47 Å².